The van der Waals surface area contributed by atoms with Crippen LogP contribution in [-0.4, -0.2) is 16.3 Å². The van der Waals surface area contributed by atoms with E-state index >= 15 is 0 Å². The van der Waals surface area contributed by atoms with Crippen molar-refractivity contribution in [1.29, 1.82) is 0 Å². The molecule has 0 aliphatic heterocycles. The molecule has 3 nitrogen and oxygen atoms in total. The normalized spacial score (nSPS) is 22.3. The lowest BCUT2D eigenvalue weighted by molar-refractivity contribution is 0.457. The van der Waals surface area contributed by atoms with Gasteiger partial charge in [0, 0.05) is 25.4 Å². The second-order valence-corrected chi connectivity index (χ2v) is 6.15. The summed E-state index contributed by atoms with van der Waals surface area (Å²) < 4.78 is 1.85. The Morgan fingerprint density at radius 3 is 2.38 bits per heavy atom. The molecule has 16 heavy (non-hydrogen) atoms. The number of hydrogen-bond acceptors (Lipinski definition) is 2. The van der Waals surface area contributed by atoms with Gasteiger partial charge in [0.15, 0.2) is 0 Å². The maximum Gasteiger partial charge on any atom is 0.0534 e. The Morgan fingerprint density at radius 2 is 1.94 bits per heavy atom. The molecule has 1 aromatic rings. The van der Waals surface area contributed by atoms with Crippen molar-refractivity contribution >= 4 is 0 Å². The van der Waals surface area contributed by atoms with Crippen LogP contribution in [0.1, 0.15) is 33.3 Å². The van der Waals surface area contributed by atoms with Gasteiger partial charge in [-0.15, -0.1) is 0 Å². The van der Waals surface area contributed by atoms with Gasteiger partial charge >= 0.3 is 0 Å². The molecule has 0 aromatic carbocycles. The van der Waals surface area contributed by atoms with E-state index in [2.05, 4.69) is 44.3 Å². The van der Waals surface area contributed by atoms with Gasteiger partial charge in [-0.05, 0) is 23.3 Å². The highest BCUT2D eigenvalue weighted by molar-refractivity contribution is 5.13. The van der Waals surface area contributed by atoms with Gasteiger partial charge in [0.05, 0.1) is 6.20 Å². The van der Waals surface area contributed by atoms with Gasteiger partial charge in [-0.1, -0.05) is 27.7 Å². The van der Waals surface area contributed by atoms with Gasteiger partial charge in [0.2, 0.25) is 0 Å². The van der Waals surface area contributed by atoms with Gasteiger partial charge in [-0.2, -0.15) is 5.10 Å². The molecule has 1 aliphatic carbocycles. The van der Waals surface area contributed by atoms with E-state index in [9.17, 15) is 0 Å². The van der Waals surface area contributed by atoms with Crippen molar-refractivity contribution in [1.82, 2.24) is 15.1 Å². The van der Waals surface area contributed by atoms with Crippen LogP contribution < -0.4 is 5.32 Å². The molecular weight excluding hydrogens is 198 g/mol. The molecule has 1 N–H and O–H groups in total. The minimum atomic E-state index is 0.481. The minimum Gasteiger partial charge on any atom is -0.312 e. The van der Waals surface area contributed by atoms with Gasteiger partial charge in [-0.3, -0.25) is 4.68 Å². The minimum absolute atomic E-state index is 0.481. The van der Waals surface area contributed by atoms with Gasteiger partial charge in [-0.25, -0.2) is 0 Å². The molecule has 2 rings (SSSR count). The standard InChI is InChI=1S/C13H23N3/c1-12(2)11(13(12,3)4)8-14-6-10-7-15-16(5)9-10/h7,9,11,14H,6,8H2,1-5H3. The van der Waals surface area contributed by atoms with Crippen LogP contribution in [0.25, 0.3) is 0 Å². The summed E-state index contributed by atoms with van der Waals surface area (Å²) in [5.74, 6) is 0.789. The first-order valence-electron chi connectivity index (χ1n) is 6.04. The maximum absolute atomic E-state index is 4.16. The van der Waals surface area contributed by atoms with Crippen LogP contribution in [-0.2, 0) is 13.6 Å². The Morgan fingerprint density at radius 1 is 1.31 bits per heavy atom. The lowest BCUT2D eigenvalue weighted by Gasteiger charge is -2.04. The van der Waals surface area contributed by atoms with E-state index in [0.29, 0.717) is 10.8 Å². The van der Waals surface area contributed by atoms with Crippen molar-refractivity contribution in [2.45, 2.75) is 34.2 Å². The molecule has 0 amide bonds. The number of rotatable bonds is 4. The molecule has 1 saturated carbocycles. The molecule has 0 atom stereocenters. The van der Waals surface area contributed by atoms with Crippen molar-refractivity contribution in [3.05, 3.63) is 18.0 Å². The third-order valence-corrected chi connectivity index (χ3v) is 4.76. The van der Waals surface area contributed by atoms with Gasteiger partial charge in [0.1, 0.15) is 0 Å². The summed E-state index contributed by atoms with van der Waals surface area (Å²) in [4.78, 5) is 0. The zero-order valence-corrected chi connectivity index (χ0v) is 11.0. The lowest BCUT2D eigenvalue weighted by Crippen LogP contribution is -2.18. The molecule has 0 bridgehead atoms. The van der Waals surface area contributed by atoms with Crippen molar-refractivity contribution < 1.29 is 0 Å². The molecule has 0 spiro atoms. The van der Waals surface area contributed by atoms with Crippen molar-refractivity contribution in [2.24, 2.45) is 23.8 Å². The third-order valence-electron chi connectivity index (χ3n) is 4.76. The topological polar surface area (TPSA) is 29.9 Å². The third kappa shape index (κ3) is 1.77. The second kappa shape index (κ2) is 3.59. The number of nitrogens with zero attached hydrogens (tertiary/aromatic N) is 2. The van der Waals surface area contributed by atoms with E-state index < -0.39 is 0 Å². The predicted octanol–water partition coefficient (Wildman–Crippen LogP) is 2.19. The highest BCUT2D eigenvalue weighted by atomic mass is 15.2. The van der Waals surface area contributed by atoms with E-state index in [-0.39, 0.29) is 0 Å². The molecule has 1 aliphatic rings. The van der Waals surface area contributed by atoms with E-state index in [1.54, 1.807) is 0 Å². The van der Waals surface area contributed by atoms with Gasteiger partial charge in [0.25, 0.3) is 0 Å². The fraction of sp³-hybridized carbons (Fsp3) is 0.769. The van der Waals surface area contributed by atoms with Crippen molar-refractivity contribution in [3.8, 4) is 0 Å². The van der Waals surface area contributed by atoms with Crippen molar-refractivity contribution in [2.75, 3.05) is 6.54 Å². The summed E-state index contributed by atoms with van der Waals surface area (Å²) >= 11 is 0. The quantitative estimate of drug-likeness (QED) is 0.844. The monoisotopic (exact) mass is 221 g/mol. The summed E-state index contributed by atoms with van der Waals surface area (Å²) in [5.41, 5.74) is 2.22. The Balaban J connectivity index is 1.78. The molecule has 1 aromatic heterocycles. The average molecular weight is 221 g/mol. The molecule has 0 radical (unpaired) electrons. The number of nitrogens with one attached hydrogen (secondary N) is 1. The molecule has 1 heterocycles. The Bertz CT molecular complexity index is 362. The largest absolute Gasteiger partial charge is 0.312 e. The number of aryl methyl sites for hydroxylation is 1. The first-order chi connectivity index (χ1) is 7.35. The molecule has 0 unspecified atom stereocenters. The first kappa shape index (κ1) is 11.6. The zero-order chi connectivity index (χ0) is 12.0. The molecule has 3 heteroatoms. The van der Waals surface area contributed by atoms with E-state index in [0.717, 1.165) is 19.0 Å². The maximum atomic E-state index is 4.16. The molecule has 1 fully saturated rings. The van der Waals surface area contributed by atoms with Gasteiger partial charge < -0.3 is 5.32 Å². The van der Waals surface area contributed by atoms with Crippen LogP contribution in [0, 0.1) is 16.7 Å². The van der Waals surface area contributed by atoms with E-state index in [1.807, 2.05) is 17.9 Å². The number of hydrogen-bond donors (Lipinski definition) is 1. The second-order valence-electron chi connectivity index (χ2n) is 6.15. The summed E-state index contributed by atoms with van der Waals surface area (Å²) in [6.07, 6.45) is 3.99. The first-order valence-corrected chi connectivity index (χ1v) is 6.04. The Labute approximate surface area is 98.2 Å². The van der Waals surface area contributed by atoms with E-state index in [4.69, 9.17) is 0 Å². The van der Waals surface area contributed by atoms with Crippen LogP contribution >= 0.6 is 0 Å². The van der Waals surface area contributed by atoms with Crippen LogP contribution in [0.3, 0.4) is 0 Å². The van der Waals surface area contributed by atoms with Crippen LogP contribution in [0.5, 0.6) is 0 Å². The lowest BCUT2D eigenvalue weighted by atomic mass is 10.0. The highest BCUT2D eigenvalue weighted by Crippen LogP contribution is 2.67. The zero-order valence-electron chi connectivity index (χ0n) is 11.0. The van der Waals surface area contributed by atoms with Crippen LogP contribution in [0.2, 0.25) is 0 Å². The average Bonchev–Trinajstić information content (AvgIpc) is 2.53. The predicted molar refractivity (Wildman–Crippen MR) is 66.0 cm³/mol. The van der Waals surface area contributed by atoms with Crippen LogP contribution in [0.4, 0.5) is 0 Å². The SMILES string of the molecule is Cn1cc(CNCC2C(C)(C)C2(C)C)cn1. The fourth-order valence-electron chi connectivity index (χ4n) is 2.77. The molecular formula is C13H23N3. The van der Waals surface area contributed by atoms with Crippen molar-refractivity contribution in [3.63, 3.8) is 0 Å². The van der Waals surface area contributed by atoms with Crippen LogP contribution in [0.15, 0.2) is 12.4 Å². The summed E-state index contributed by atoms with van der Waals surface area (Å²) in [6, 6.07) is 0. The summed E-state index contributed by atoms with van der Waals surface area (Å²) in [6.45, 7) is 11.5. The van der Waals surface area contributed by atoms with E-state index in [1.165, 1.54) is 5.56 Å². The molecule has 0 saturated heterocycles. The fourth-order valence-corrected chi connectivity index (χ4v) is 2.77. The Hall–Kier alpha value is -0.830. The smallest absolute Gasteiger partial charge is 0.0534 e. The molecule has 90 valence electrons. The summed E-state index contributed by atoms with van der Waals surface area (Å²) in [7, 11) is 1.95. The highest BCUT2D eigenvalue weighted by Gasteiger charge is 2.63. The number of aromatic nitrogens is 2. The Kier molecular flexibility index (Phi) is 2.61. The summed E-state index contributed by atoms with van der Waals surface area (Å²) in [5, 5.41) is 7.70.